The van der Waals surface area contributed by atoms with Gasteiger partial charge in [-0.05, 0) is 38.8 Å². The lowest BCUT2D eigenvalue weighted by Crippen LogP contribution is -2.58. The summed E-state index contributed by atoms with van der Waals surface area (Å²) >= 11 is 0. The minimum absolute atomic E-state index is 0.308. The monoisotopic (exact) mass is 414 g/mol. The minimum Gasteiger partial charge on any atom is -0.394 e. The van der Waals surface area contributed by atoms with Crippen molar-refractivity contribution in [2.75, 3.05) is 13.2 Å². The van der Waals surface area contributed by atoms with Gasteiger partial charge in [-0.2, -0.15) is 0 Å². The van der Waals surface area contributed by atoms with Crippen LogP contribution < -0.4 is 0 Å². The van der Waals surface area contributed by atoms with Crippen molar-refractivity contribution in [1.29, 1.82) is 0 Å². The maximum atomic E-state index is 10.5. The number of benzene rings is 2. The number of aryl methyl sites for hydroxylation is 4. The molecule has 30 heavy (non-hydrogen) atoms. The predicted molar refractivity (Wildman–Crippen MR) is 111 cm³/mol. The molecule has 0 radical (unpaired) electrons. The third kappa shape index (κ3) is 4.17. The van der Waals surface area contributed by atoms with Gasteiger partial charge in [0.2, 0.25) is 0 Å². The highest BCUT2D eigenvalue weighted by molar-refractivity contribution is 5.33. The average molecular weight is 414 g/mol. The number of aliphatic hydroxyl groups excluding tert-OH is 2. The molecule has 0 bridgehead atoms. The summed E-state index contributed by atoms with van der Waals surface area (Å²) in [6.45, 7) is 7.92. The summed E-state index contributed by atoms with van der Waals surface area (Å²) in [4.78, 5) is 0. The van der Waals surface area contributed by atoms with Crippen LogP contribution in [0.1, 0.15) is 46.0 Å². The lowest BCUT2D eigenvalue weighted by molar-refractivity contribution is -0.373. The van der Waals surface area contributed by atoms with Gasteiger partial charge in [0.05, 0.1) is 13.2 Å². The van der Waals surface area contributed by atoms with Crippen LogP contribution in [0.4, 0.5) is 0 Å². The molecule has 2 aliphatic rings. The molecule has 6 nitrogen and oxygen atoms in total. The van der Waals surface area contributed by atoms with Crippen molar-refractivity contribution >= 4 is 0 Å². The van der Waals surface area contributed by atoms with Crippen LogP contribution in [0.2, 0.25) is 0 Å². The fourth-order valence-electron chi connectivity index (χ4n) is 4.11. The maximum Gasteiger partial charge on any atom is 0.185 e. The molecular weight excluding hydrogens is 384 g/mol. The molecule has 162 valence electrons. The molecule has 2 aromatic rings. The predicted octanol–water partition coefficient (Wildman–Crippen LogP) is 3.17. The number of hydrogen-bond acceptors (Lipinski definition) is 6. The van der Waals surface area contributed by atoms with Crippen LogP contribution in [-0.4, -0.2) is 47.8 Å². The average Bonchev–Trinajstić information content (AvgIpc) is 2.75. The van der Waals surface area contributed by atoms with Gasteiger partial charge in [0.1, 0.15) is 24.4 Å². The van der Waals surface area contributed by atoms with Crippen molar-refractivity contribution in [3.63, 3.8) is 0 Å². The van der Waals surface area contributed by atoms with Gasteiger partial charge in [-0.3, -0.25) is 0 Å². The molecule has 0 saturated carbocycles. The van der Waals surface area contributed by atoms with E-state index >= 15 is 0 Å². The summed E-state index contributed by atoms with van der Waals surface area (Å²) in [5.41, 5.74) is 6.15. The van der Waals surface area contributed by atoms with Crippen molar-refractivity contribution in [1.82, 2.24) is 0 Å². The molecule has 2 fully saturated rings. The second kappa shape index (κ2) is 8.75. The first-order valence-electron chi connectivity index (χ1n) is 10.4. The van der Waals surface area contributed by atoms with E-state index in [1.807, 2.05) is 64.1 Å². The van der Waals surface area contributed by atoms with E-state index in [1.165, 1.54) is 0 Å². The van der Waals surface area contributed by atoms with E-state index in [0.717, 1.165) is 33.4 Å². The highest BCUT2D eigenvalue weighted by Crippen LogP contribution is 2.40. The zero-order chi connectivity index (χ0) is 21.4. The lowest BCUT2D eigenvalue weighted by atomic mass is 9.97. The topological polar surface area (TPSA) is 77.4 Å². The van der Waals surface area contributed by atoms with E-state index in [9.17, 15) is 10.2 Å². The first-order valence-corrected chi connectivity index (χ1v) is 10.4. The maximum absolute atomic E-state index is 10.5. The third-order valence-electron chi connectivity index (χ3n) is 5.91. The highest BCUT2D eigenvalue weighted by Gasteiger charge is 2.48. The van der Waals surface area contributed by atoms with Crippen LogP contribution in [-0.2, 0) is 18.9 Å². The Morgan fingerprint density at radius 3 is 2.07 bits per heavy atom. The number of hydrogen-bond donors (Lipinski definition) is 2. The Morgan fingerprint density at radius 2 is 1.47 bits per heavy atom. The van der Waals surface area contributed by atoms with Gasteiger partial charge in [-0.25, -0.2) is 0 Å². The van der Waals surface area contributed by atoms with E-state index in [0.29, 0.717) is 6.61 Å². The van der Waals surface area contributed by atoms with Crippen LogP contribution in [0.15, 0.2) is 36.4 Å². The standard InChI is InChI=1S/C24H30O6/c1-13-5-7-15(3)17(9-13)23-27-12-20-22(30-23)21(19(26)11-25)29-24(28-20)18-10-14(2)6-8-16(18)4/h5-10,19-26H,11-12H2,1-4H3/t19-,20+,21-,22-,23?,24?/m1/s1. The Bertz CT molecular complexity index is 895. The molecule has 2 heterocycles. The first-order chi connectivity index (χ1) is 14.4. The van der Waals surface area contributed by atoms with Crippen LogP contribution >= 0.6 is 0 Å². The number of aliphatic hydroxyl groups is 2. The summed E-state index contributed by atoms with van der Waals surface area (Å²) in [6.07, 6.45) is -4.06. The van der Waals surface area contributed by atoms with E-state index < -0.39 is 43.6 Å². The molecule has 6 atom stereocenters. The molecule has 0 aliphatic carbocycles. The third-order valence-corrected chi connectivity index (χ3v) is 5.91. The molecule has 2 aromatic carbocycles. The molecule has 2 aliphatic heterocycles. The minimum atomic E-state index is -1.09. The largest absolute Gasteiger partial charge is 0.394 e. The van der Waals surface area contributed by atoms with Crippen molar-refractivity contribution < 1.29 is 29.2 Å². The van der Waals surface area contributed by atoms with Crippen molar-refractivity contribution in [2.24, 2.45) is 0 Å². The fraction of sp³-hybridized carbons (Fsp3) is 0.500. The molecule has 4 rings (SSSR count). The highest BCUT2D eigenvalue weighted by atomic mass is 16.8. The zero-order valence-electron chi connectivity index (χ0n) is 17.9. The van der Waals surface area contributed by atoms with E-state index in [2.05, 4.69) is 0 Å². The molecule has 0 amide bonds. The SMILES string of the molecule is Cc1ccc(C)c(C2OC[C@@H]3OC(c4cc(C)ccc4C)O[C@H]([C@H](O)CO)[C@@H]3O2)c1. The second-order valence-electron chi connectivity index (χ2n) is 8.34. The molecule has 2 N–H and O–H groups in total. The Morgan fingerprint density at radius 1 is 0.867 bits per heavy atom. The van der Waals surface area contributed by atoms with Crippen LogP contribution in [0, 0.1) is 27.7 Å². The van der Waals surface area contributed by atoms with Crippen molar-refractivity contribution in [2.45, 2.75) is 64.7 Å². The van der Waals surface area contributed by atoms with Crippen LogP contribution in [0.25, 0.3) is 0 Å². The van der Waals surface area contributed by atoms with Gasteiger partial charge in [0, 0.05) is 11.1 Å². The number of rotatable bonds is 4. The van der Waals surface area contributed by atoms with E-state index in [1.54, 1.807) is 0 Å². The summed E-state index contributed by atoms with van der Waals surface area (Å²) in [5, 5.41) is 20.2. The summed E-state index contributed by atoms with van der Waals surface area (Å²) in [6, 6.07) is 12.2. The Labute approximate surface area is 177 Å². The molecule has 2 saturated heterocycles. The Kier molecular flexibility index (Phi) is 6.25. The molecule has 0 aromatic heterocycles. The molecule has 2 unspecified atom stereocenters. The normalized spacial score (nSPS) is 30.0. The van der Waals surface area contributed by atoms with Gasteiger partial charge in [-0.15, -0.1) is 0 Å². The quantitative estimate of drug-likeness (QED) is 0.800. The first kappa shape index (κ1) is 21.4. The van der Waals surface area contributed by atoms with Gasteiger partial charge in [-0.1, -0.05) is 47.5 Å². The Balaban J connectivity index is 1.61. The van der Waals surface area contributed by atoms with Gasteiger partial charge in [0.25, 0.3) is 0 Å². The van der Waals surface area contributed by atoms with Gasteiger partial charge in [0.15, 0.2) is 12.6 Å². The van der Waals surface area contributed by atoms with Crippen molar-refractivity contribution in [3.8, 4) is 0 Å². The van der Waals surface area contributed by atoms with E-state index in [4.69, 9.17) is 18.9 Å². The van der Waals surface area contributed by atoms with Crippen LogP contribution in [0.3, 0.4) is 0 Å². The van der Waals surface area contributed by atoms with Gasteiger partial charge >= 0.3 is 0 Å². The van der Waals surface area contributed by atoms with Crippen molar-refractivity contribution in [3.05, 3.63) is 69.8 Å². The number of ether oxygens (including phenoxy) is 4. The summed E-state index contributed by atoms with van der Waals surface area (Å²) in [5.74, 6) is 0. The molecular formula is C24H30O6. The molecule has 6 heteroatoms. The Hall–Kier alpha value is -1.80. The zero-order valence-corrected chi connectivity index (χ0v) is 17.9. The summed E-state index contributed by atoms with van der Waals surface area (Å²) in [7, 11) is 0. The smallest absolute Gasteiger partial charge is 0.185 e. The fourth-order valence-corrected chi connectivity index (χ4v) is 4.11. The van der Waals surface area contributed by atoms with E-state index in [-0.39, 0.29) is 0 Å². The van der Waals surface area contributed by atoms with Gasteiger partial charge < -0.3 is 29.2 Å². The van der Waals surface area contributed by atoms with Crippen LogP contribution in [0.5, 0.6) is 0 Å². The summed E-state index contributed by atoms with van der Waals surface area (Å²) < 4.78 is 24.6. The molecule has 0 spiro atoms. The second-order valence-corrected chi connectivity index (χ2v) is 8.34. The lowest BCUT2D eigenvalue weighted by Gasteiger charge is -2.47. The number of fused-ring (bicyclic) bond motifs is 1.